The summed E-state index contributed by atoms with van der Waals surface area (Å²) in [5.74, 6) is 0.430. The maximum atomic E-state index is 12.1. The largest absolute Gasteiger partial charge is 0.497 e. The Balaban J connectivity index is 1.35. The third-order valence-corrected chi connectivity index (χ3v) is 5.11. The number of aryl methyl sites for hydroxylation is 1. The van der Waals surface area contributed by atoms with Gasteiger partial charge in [-0.15, -0.1) is 0 Å². The molecular formula is C25H24N4O2. The molecule has 0 radical (unpaired) electrons. The summed E-state index contributed by atoms with van der Waals surface area (Å²) >= 11 is 0. The lowest BCUT2D eigenvalue weighted by Crippen LogP contribution is -2.17. The zero-order valence-corrected chi connectivity index (χ0v) is 17.6. The Kier molecular flexibility index (Phi) is 6.08. The van der Waals surface area contributed by atoms with Gasteiger partial charge in [0, 0.05) is 18.5 Å². The first-order valence-electron chi connectivity index (χ1n) is 10.1. The fourth-order valence-corrected chi connectivity index (χ4v) is 3.30. The lowest BCUT2D eigenvalue weighted by Gasteiger charge is -2.13. The average molecular weight is 412 g/mol. The molecule has 0 spiro atoms. The van der Waals surface area contributed by atoms with Gasteiger partial charge < -0.3 is 4.74 Å². The number of carbonyl (C=O) groups excluding carboxylic acids is 1. The third-order valence-electron chi connectivity index (χ3n) is 5.11. The number of amides is 1. The van der Waals surface area contributed by atoms with E-state index in [-0.39, 0.29) is 5.91 Å². The lowest BCUT2D eigenvalue weighted by atomic mass is 10.1. The number of anilines is 1. The van der Waals surface area contributed by atoms with Crippen molar-refractivity contribution in [2.75, 3.05) is 18.7 Å². The quantitative estimate of drug-likeness (QED) is 0.483. The van der Waals surface area contributed by atoms with Crippen molar-refractivity contribution in [2.45, 2.75) is 13.3 Å². The van der Waals surface area contributed by atoms with E-state index in [9.17, 15) is 4.79 Å². The topological polar surface area (TPSA) is 66.3 Å². The van der Waals surface area contributed by atoms with E-state index >= 15 is 0 Å². The van der Waals surface area contributed by atoms with Gasteiger partial charge in [-0.05, 0) is 54.4 Å². The Morgan fingerprint density at radius 1 is 1.03 bits per heavy atom. The minimum atomic E-state index is -0.273. The highest BCUT2D eigenvalue weighted by atomic mass is 16.5. The van der Waals surface area contributed by atoms with Crippen LogP contribution in [0.1, 0.15) is 33.5 Å². The van der Waals surface area contributed by atoms with Gasteiger partial charge in [-0.3, -0.25) is 9.80 Å². The molecule has 156 valence electrons. The molecule has 3 aromatic rings. The molecule has 0 saturated heterocycles. The number of hydrogen-bond donors (Lipinski definition) is 1. The third kappa shape index (κ3) is 4.98. The summed E-state index contributed by atoms with van der Waals surface area (Å²) in [6.45, 7) is 2.94. The van der Waals surface area contributed by atoms with Crippen LogP contribution < -0.4 is 15.2 Å². The number of carbonyl (C=O) groups is 1. The maximum absolute atomic E-state index is 12.1. The van der Waals surface area contributed by atoms with Crippen LogP contribution in [0.25, 0.3) is 0 Å². The Bertz CT molecular complexity index is 1100. The Morgan fingerprint density at radius 3 is 2.42 bits per heavy atom. The Morgan fingerprint density at radius 2 is 1.74 bits per heavy atom. The van der Waals surface area contributed by atoms with Crippen molar-refractivity contribution in [1.82, 2.24) is 5.43 Å². The highest BCUT2D eigenvalue weighted by molar-refractivity contribution is 6.02. The number of rotatable bonds is 6. The lowest BCUT2D eigenvalue weighted by molar-refractivity contribution is 0.0955. The van der Waals surface area contributed by atoms with Crippen molar-refractivity contribution in [1.29, 1.82) is 0 Å². The summed E-state index contributed by atoms with van der Waals surface area (Å²) in [6, 6.07) is 23.3. The first kappa shape index (κ1) is 20.3. The molecule has 0 aliphatic carbocycles. The summed E-state index contributed by atoms with van der Waals surface area (Å²) in [4.78, 5) is 12.1. The fraction of sp³-hybridized carbons (Fsp3) is 0.160. The van der Waals surface area contributed by atoms with Gasteiger partial charge >= 0.3 is 0 Å². The normalized spacial score (nSPS) is 13.4. The number of methoxy groups -OCH3 is 1. The minimum Gasteiger partial charge on any atom is -0.497 e. The zero-order chi connectivity index (χ0) is 21.6. The van der Waals surface area contributed by atoms with Gasteiger partial charge in [-0.1, -0.05) is 42.0 Å². The van der Waals surface area contributed by atoms with Crippen molar-refractivity contribution >= 4 is 23.5 Å². The summed E-state index contributed by atoms with van der Waals surface area (Å²) in [5.41, 5.74) is 8.50. The summed E-state index contributed by atoms with van der Waals surface area (Å²) < 4.78 is 5.09. The number of nitrogens with zero attached hydrogens (tertiary/aromatic N) is 3. The van der Waals surface area contributed by atoms with Crippen LogP contribution in [0.15, 0.2) is 83.0 Å². The van der Waals surface area contributed by atoms with Crippen LogP contribution in [0, 0.1) is 6.92 Å². The van der Waals surface area contributed by atoms with E-state index in [0.717, 1.165) is 29.9 Å². The van der Waals surface area contributed by atoms with Crippen molar-refractivity contribution in [2.24, 2.45) is 10.2 Å². The fourth-order valence-electron chi connectivity index (χ4n) is 3.30. The smallest absolute Gasteiger partial charge is 0.271 e. The molecule has 0 bridgehead atoms. The Hall–Kier alpha value is -3.93. The van der Waals surface area contributed by atoms with Crippen LogP contribution in [-0.4, -0.2) is 31.5 Å². The monoisotopic (exact) mass is 412 g/mol. The van der Waals surface area contributed by atoms with E-state index in [0.29, 0.717) is 11.3 Å². The van der Waals surface area contributed by atoms with Crippen LogP contribution in [0.3, 0.4) is 0 Å². The van der Waals surface area contributed by atoms with Gasteiger partial charge in [0.2, 0.25) is 0 Å². The number of hydrogen-bond acceptors (Lipinski definition) is 5. The van der Waals surface area contributed by atoms with E-state index in [4.69, 9.17) is 9.84 Å². The van der Waals surface area contributed by atoms with E-state index in [1.807, 2.05) is 29.3 Å². The SMILES string of the molecule is COc1ccc(C(=O)N/N=C/c2ccc(N3CCC(c4ccc(C)cc4)=N3)cc2)cc1. The molecule has 1 heterocycles. The first-order valence-corrected chi connectivity index (χ1v) is 10.1. The maximum Gasteiger partial charge on any atom is 0.271 e. The molecule has 1 aliphatic rings. The van der Waals surface area contributed by atoms with E-state index < -0.39 is 0 Å². The van der Waals surface area contributed by atoms with E-state index in [1.165, 1.54) is 11.1 Å². The molecule has 1 amide bonds. The van der Waals surface area contributed by atoms with Crippen molar-refractivity contribution < 1.29 is 9.53 Å². The summed E-state index contributed by atoms with van der Waals surface area (Å²) in [5, 5.41) is 10.8. The Labute approximate surface area is 181 Å². The minimum absolute atomic E-state index is 0.273. The van der Waals surface area contributed by atoms with Crippen LogP contribution in [-0.2, 0) is 0 Å². The second-order valence-corrected chi connectivity index (χ2v) is 7.31. The molecule has 0 aromatic heterocycles. The molecule has 0 saturated carbocycles. The predicted molar refractivity (Wildman–Crippen MR) is 124 cm³/mol. The number of nitrogens with one attached hydrogen (secondary N) is 1. The van der Waals surface area contributed by atoms with Crippen LogP contribution in [0.4, 0.5) is 5.69 Å². The number of hydrazone groups is 2. The molecular weight excluding hydrogens is 388 g/mol. The number of ether oxygens (including phenoxy) is 1. The van der Waals surface area contributed by atoms with Gasteiger partial charge in [0.25, 0.3) is 5.91 Å². The molecule has 0 atom stereocenters. The summed E-state index contributed by atoms with van der Waals surface area (Å²) in [7, 11) is 1.59. The van der Waals surface area contributed by atoms with Gasteiger partial charge in [0.15, 0.2) is 0 Å². The molecule has 3 aromatic carbocycles. The highest BCUT2D eigenvalue weighted by Gasteiger charge is 2.17. The molecule has 4 rings (SSSR count). The first-order chi connectivity index (χ1) is 15.1. The predicted octanol–water partition coefficient (Wildman–Crippen LogP) is 4.38. The standard InChI is InChI=1S/C25H24N4O2/c1-18-3-7-20(8-4-18)24-15-16-29(28-24)22-11-5-19(6-12-22)17-26-27-25(30)21-9-13-23(31-2)14-10-21/h3-14,17H,15-16H2,1-2H3,(H,27,30)/b26-17+. The number of benzene rings is 3. The molecule has 0 fully saturated rings. The molecule has 6 heteroatoms. The highest BCUT2D eigenvalue weighted by Crippen LogP contribution is 2.22. The van der Waals surface area contributed by atoms with Crippen LogP contribution in [0.2, 0.25) is 0 Å². The molecule has 1 N–H and O–H groups in total. The second-order valence-electron chi connectivity index (χ2n) is 7.31. The van der Waals surface area contributed by atoms with Gasteiger partial charge in [-0.2, -0.15) is 10.2 Å². The van der Waals surface area contributed by atoms with Crippen molar-refractivity contribution in [3.8, 4) is 5.75 Å². The van der Waals surface area contributed by atoms with E-state index in [1.54, 1.807) is 37.6 Å². The van der Waals surface area contributed by atoms with Gasteiger partial charge in [0.1, 0.15) is 5.75 Å². The molecule has 31 heavy (non-hydrogen) atoms. The van der Waals surface area contributed by atoms with Crippen molar-refractivity contribution in [3.05, 3.63) is 95.1 Å². The average Bonchev–Trinajstić information content (AvgIpc) is 3.30. The van der Waals surface area contributed by atoms with Gasteiger partial charge in [0.05, 0.1) is 24.7 Å². The molecule has 0 unspecified atom stereocenters. The second kappa shape index (κ2) is 9.26. The van der Waals surface area contributed by atoms with E-state index in [2.05, 4.69) is 41.7 Å². The zero-order valence-electron chi connectivity index (χ0n) is 17.6. The van der Waals surface area contributed by atoms with Crippen molar-refractivity contribution in [3.63, 3.8) is 0 Å². The summed E-state index contributed by atoms with van der Waals surface area (Å²) in [6.07, 6.45) is 2.54. The molecule has 1 aliphatic heterocycles. The van der Waals surface area contributed by atoms with Gasteiger partial charge in [-0.25, -0.2) is 5.43 Å². The van der Waals surface area contributed by atoms with Crippen LogP contribution >= 0.6 is 0 Å². The van der Waals surface area contributed by atoms with Crippen LogP contribution in [0.5, 0.6) is 5.75 Å². The molecule has 6 nitrogen and oxygen atoms in total.